The quantitative estimate of drug-likeness (QED) is 0.111. The van der Waals surface area contributed by atoms with Gasteiger partial charge < -0.3 is 43.7 Å². The van der Waals surface area contributed by atoms with Gasteiger partial charge in [0.1, 0.15) is 44.2 Å². The summed E-state index contributed by atoms with van der Waals surface area (Å²) in [5, 5.41) is 29.8. The molecule has 0 bridgehead atoms. The number of aliphatic hydroxyl groups is 3. The molecule has 0 aromatic rings. The molecule has 0 heterocycles. The van der Waals surface area contributed by atoms with Crippen molar-refractivity contribution in [1.29, 1.82) is 0 Å². The van der Waals surface area contributed by atoms with Crippen molar-refractivity contribution in [2.75, 3.05) is 52.9 Å². The number of ether oxygens (including phenoxy) is 6. The van der Waals surface area contributed by atoms with Gasteiger partial charge in [0, 0.05) is 16.7 Å². The minimum absolute atomic E-state index is 0.0928. The molecule has 0 saturated carbocycles. The first-order valence-electron chi connectivity index (χ1n) is 11.1. The second-order valence-corrected chi connectivity index (χ2v) is 8.13. The van der Waals surface area contributed by atoms with Gasteiger partial charge in [-0.05, 0) is 20.8 Å². The second kappa shape index (κ2) is 18.6. The standard InChI is InChI=1S/C24H38O12/c1-15(2)22(28)34-10-18(25)7-31-13-21(33-9-20(27)12-36-24(30)17(5)6)14-32-8-19(26)11-35-23(29)16(3)4/h18-21,25-27H,1,3,5,7-14H2,2,4,6H3. The largest absolute Gasteiger partial charge is 0.460 e. The SMILES string of the molecule is C=C(C)C(=O)OCC(O)COCC(COCC(O)COC(=O)C(=C)C)OCC(O)COC(=O)C(=C)C. The van der Waals surface area contributed by atoms with Crippen LogP contribution in [0.5, 0.6) is 0 Å². The van der Waals surface area contributed by atoms with Crippen LogP contribution in [-0.4, -0.2) is 110 Å². The van der Waals surface area contributed by atoms with Crippen molar-refractivity contribution in [3.05, 3.63) is 36.5 Å². The molecule has 0 aromatic carbocycles. The number of aliphatic hydroxyl groups excluding tert-OH is 3. The number of rotatable bonds is 20. The normalized spacial score (nSPS) is 14.2. The molecular formula is C24H38O12. The van der Waals surface area contributed by atoms with E-state index >= 15 is 0 Å². The minimum Gasteiger partial charge on any atom is -0.460 e. The minimum atomic E-state index is -1.14. The van der Waals surface area contributed by atoms with Crippen LogP contribution in [0.15, 0.2) is 36.5 Å². The van der Waals surface area contributed by atoms with Crippen LogP contribution in [0.1, 0.15) is 20.8 Å². The monoisotopic (exact) mass is 518 g/mol. The van der Waals surface area contributed by atoms with E-state index in [0.29, 0.717) is 0 Å². The molecule has 0 aromatic heterocycles. The van der Waals surface area contributed by atoms with E-state index in [1.807, 2.05) is 0 Å². The van der Waals surface area contributed by atoms with Crippen molar-refractivity contribution in [3.63, 3.8) is 0 Å². The van der Waals surface area contributed by atoms with Crippen molar-refractivity contribution in [1.82, 2.24) is 0 Å². The molecule has 0 aliphatic carbocycles. The first kappa shape index (κ1) is 33.4. The van der Waals surface area contributed by atoms with Gasteiger partial charge in [0.25, 0.3) is 0 Å². The lowest BCUT2D eigenvalue weighted by molar-refractivity contribution is -0.148. The van der Waals surface area contributed by atoms with Gasteiger partial charge in [-0.2, -0.15) is 0 Å². The molecule has 0 spiro atoms. The Labute approximate surface area is 211 Å². The zero-order valence-electron chi connectivity index (χ0n) is 21.1. The molecule has 0 saturated heterocycles. The van der Waals surface area contributed by atoms with E-state index in [9.17, 15) is 29.7 Å². The number of carbonyl (C=O) groups is 3. The van der Waals surface area contributed by atoms with E-state index in [1.54, 1.807) is 0 Å². The van der Waals surface area contributed by atoms with Gasteiger partial charge >= 0.3 is 17.9 Å². The molecule has 0 amide bonds. The Morgan fingerprint density at radius 2 is 0.861 bits per heavy atom. The third-order valence-corrected chi connectivity index (χ3v) is 4.02. The summed E-state index contributed by atoms with van der Waals surface area (Å²) in [6.45, 7) is 13.0. The summed E-state index contributed by atoms with van der Waals surface area (Å²) in [5.41, 5.74) is 0.568. The highest BCUT2D eigenvalue weighted by Gasteiger charge is 2.18. The number of hydrogen-bond donors (Lipinski definition) is 3. The number of carbonyl (C=O) groups excluding carboxylic acids is 3. The van der Waals surface area contributed by atoms with Gasteiger partial charge in [0.05, 0.1) is 33.0 Å². The first-order chi connectivity index (χ1) is 16.8. The summed E-state index contributed by atoms with van der Waals surface area (Å²) in [7, 11) is 0. The molecular weight excluding hydrogens is 480 g/mol. The van der Waals surface area contributed by atoms with Crippen LogP contribution in [0.3, 0.4) is 0 Å². The zero-order chi connectivity index (χ0) is 27.7. The third-order valence-electron chi connectivity index (χ3n) is 4.02. The molecule has 3 N–H and O–H groups in total. The Hall–Kier alpha value is -2.61. The Morgan fingerprint density at radius 1 is 0.556 bits per heavy atom. The van der Waals surface area contributed by atoms with E-state index in [1.165, 1.54) is 20.8 Å². The van der Waals surface area contributed by atoms with Crippen LogP contribution in [0.25, 0.3) is 0 Å². The highest BCUT2D eigenvalue weighted by atomic mass is 16.6. The van der Waals surface area contributed by atoms with Crippen LogP contribution in [-0.2, 0) is 42.8 Å². The van der Waals surface area contributed by atoms with Crippen molar-refractivity contribution in [3.8, 4) is 0 Å². The lowest BCUT2D eigenvalue weighted by atomic mass is 10.3. The maximum absolute atomic E-state index is 11.4. The van der Waals surface area contributed by atoms with Crippen molar-refractivity contribution >= 4 is 17.9 Å². The smallest absolute Gasteiger partial charge is 0.333 e. The average Bonchev–Trinajstić information content (AvgIpc) is 2.81. The molecule has 0 rings (SSSR count). The van der Waals surface area contributed by atoms with Crippen molar-refractivity contribution in [2.24, 2.45) is 0 Å². The summed E-state index contributed by atoms with van der Waals surface area (Å²) >= 11 is 0. The van der Waals surface area contributed by atoms with E-state index in [0.717, 1.165) is 0 Å². The van der Waals surface area contributed by atoms with Crippen LogP contribution >= 0.6 is 0 Å². The van der Waals surface area contributed by atoms with E-state index < -0.39 is 42.3 Å². The summed E-state index contributed by atoms with van der Waals surface area (Å²) in [6.07, 6.45) is -4.11. The van der Waals surface area contributed by atoms with E-state index in [2.05, 4.69) is 19.7 Å². The summed E-state index contributed by atoms with van der Waals surface area (Å²) in [4.78, 5) is 34.2. The van der Waals surface area contributed by atoms with Gasteiger partial charge in [-0.15, -0.1) is 0 Å². The molecule has 12 heteroatoms. The molecule has 3 atom stereocenters. The summed E-state index contributed by atoms with van der Waals surface area (Å²) in [5.74, 6) is -1.94. The first-order valence-corrected chi connectivity index (χ1v) is 11.1. The molecule has 206 valence electrons. The zero-order valence-corrected chi connectivity index (χ0v) is 21.1. The topological polar surface area (TPSA) is 167 Å². The van der Waals surface area contributed by atoms with E-state index in [4.69, 9.17) is 28.4 Å². The van der Waals surface area contributed by atoms with Gasteiger partial charge in [0.15, 0.2) is 0 Å². The summed E-state index contributed by atoms with van der Waals surface area (Å²) < 4.78 is 30.9. The number of hydrogen-bond acceptors (Lipinski definition) is 12. The molecule has 3 unspecified atom stereocenters. The lowest BCUT2D eigenvalue weighted by Crippen LogP contribution is -2.34. The van der Waals surface area contributed by atoms with Crippen LogP contribution in [0.4, 0.5) is 0 Å². The summed E-state index contributed by atoms with van der Waals surface area (Å²) in [6, 6.07) is 0. The Kier molecular flexibility index (Phi) is 17.3. The van der Waals surface area contributed by atoms with Crippen LogP contribution in [0.2, 0.25) is 0 Å². The van der Waals surface area contributed by atoms with Gasteiger partial charge in [0.2, 0.25) is 0 Å². The predicted octanol–water partition coefficient (Wildman–Crippen LogP) is -0.155. The molecule has 0 aliphatic heterocycles. The Balaban J connectivity index is 4.61. The predicted molar refractivity (Wildman–Crippen MR) is 127 cm³/mol. The molecule has 0 fully saturated rings. The lowest BCUT2D eigenvalue weighted by Gasteiger charge is -2.22. The maximum Gasteiger partial charge on any atom is 0.333 e. The highest BCUT2D eigenvalue weighted by molar-refractivity contribution is 5.87. The van der Waals surface area contributed by atoms with Crippen LogP contribution < -0.4 is 0 Å². The third kappa shape index (κ3) is 16.9. The fourth-order valence-electron chi connectivity index (χ4n) is 2.09. The fraction of sp³-hybridized carbons (Fsp3) is 0.625. The van der Waals surface area contributed by atoms with Gasteiger partial charge in [-0.1, -0.05) is 19.7 Å². The Bertz CT molecular complexity index is 705. The maximum atomic E-state index is 11.4. The number of esters is 3. The highest BCUT2D eigenvalue weighted by Crippen LogP contribution is 2.03. The molecule has 0 radical (unpaired) electrons. The van der Waals surface area contributed by atoms with E-state index in [-0.39, 0.29) is 69.6 Å². The average molecular weight is 519 g/mol. The Morgan fingerprint density at radius 3 is 1.17 bits per heavy atom. The second-order valence-electron chi connectivity index (χ2n) is 8.13. The van der Waals surface area contributed by atoms with Crippen molar-refractivity contribution < 1.29 is 58.1 Å². The van der Waals surface area contributed by atoms with Crippen molar-refractivity contribution in [2.45, 2.75) is 45.2 Å². The van der Waals surface area contributed by atoms with Gasteiger partial charge in [-0.3, -0.25) is 0 Å². The molecule has 12 nitrogen and oxygen atoms in total. The van der Waals surface area contributed by atoms with Gasteiger partial charge in [-0.25, -0.2) is 14.4 Å². The van der Waals surface area contributed by atoms with Crippen LogP contribution in [0, 0.1) is 0 Å². The molecule has 0 aliphatic rings. The fourth-order valence-corrected chi connectivity index (χ4v) is 2.09. The molecule has 36 heavy (non-hydrogen) atoms.